The number of aromatic nitrogens is 4. The standard InChI is InChI=1S/C42H30N4/c1-27-25-28(2)43-41-36(27)23-21-34-22-24-37(44-40(34)41)31-17-19-33(20-18-31)39-26-38(45-42(46-39)35-11-7-4-8-12-35)32-15-13-30(14-16-32)29-9-5-3-6-10-29/h3-26H,1-2H3. The zero-order chi connectivity index (χ0) is 31.0. The van der Waals surface area contributed by atoms with E-state index in [1.54, 1.807) is 0 Å². The van der Waals surface area contributed by atoms with E-state index in [0.717, 1.165) is 66.8 Å². The molecule has 8 aromatic rings. The Morgan fingerprint density at radius 3 is 1.52 bits per heavy atom. The number of aryl methyl sites for hydroxylation is 2. The summed E-state index contributed by atoms with van der Waals surface area (Å²) in [5.74, 6) is 0.700. The summed E-state index contributed by atoms with van der Waals surface area (Å²) in [5, 5.41) is 2.23. The van der Waals surface area contributed by atoms with Gasteiger partial charge in [-0.05, 0) is 48.7 Å². The van der Waals surface area contributed by atoms with Crippen LogP contribution in [0.5, 0.6) is 0 Å². The topological polar surface area (TPSA) is 51.6 Å². The van der Waals surface area contributed by atoms with E-state index in [1.807, 2.05) is 31.2 Å². The van der Waals surface area contributed by atoms with Crippen molar-refractivity contribution in [2.75, 3.05) is 0 Å². The van der Waals surface area contributed by atoms with Gasteiger partial charge in [-0.3, -0.25) is 4.98 Å². The number of pyridine rings is 2. The average molecular weight is 591 g/mol. The summed E-state index contributed by atoms with van der Waals surface area (Å²) >= 11 is 0. The van der Waals surface area contributed by atoms with Crippen molar-refractivity contribution in [2.45, 2.75) is 13.8 Å². The Bertz CT molecular complexity index is 2350. The van der Waals surface area contributed by atoms with Crippen molar-refractivity contribution in [3.63, 3.8) is 0 Å². The molecule has 0 unspecified atom stereocenters. The number of nitrogens with zero attached hydrogens (tertiary/aromatic N) is 4. The molecule has 0 amide bonds. The lowest BCUT2D eigenvalue weighted by Gasteiger charge is -2.11. The molecule has 0 radical (unpaired) electrons. The van der Waals surface area contributed by atoms with Crippen molar-refractivity contribution >= 4 is 21.8 Å². The normalized spacial score (nSPS) is 11.3. The Labute approximate surface area is 268 Å². The predicted molar refractivity (Wildman–Crippen MR) is 189 cm³/mol. The Morgan fingerprint density at radius 2 is 0.891 bits per heavy atom. The molecule has 46 heavy (non-hydrogen) atoms. The second-order valence-electron chi connectivity index (χ2n) is 11.7. The van der Waals surface area contributed by atoms with Crippen LogP contribution < -0.4 is 0 Å². The third-order valence-corrected chi connectivity index (χ3v) is 8.50. The largest absolute Gasteiger partial charge is 0.251 e. The number of hydrogen-bond donors (Lipinski definition) is 0. The number of fused-ring (bicyclic) bond motifs is 3. The molecular formula is C42H30N4. The quantitative estimate of drug-likeness (QED) is 0.187. The SMILES string of the molecule is Cc1cc(C)c2ccc3ccc(-c4ccc(-c5cc(-c6ccc(-c7ccccc7)cc6)nc(-c6ccccc6)n5)cc4)nc3c2n1. The highest BCUT2D eigenvalue weighted by Gasteiger charge is 2.13. The highest BCUT2D eigenvalue weighted by Crippen LogP contribution is 2.32. The van der Waals surface area contributed by atoms with Gasteiger partial charge in [0.05, 0.1) is 28.1 Å². The van der Waals surface area contributed by atoms with E-state index in [2.05, 4.69) is 128 Å². The molecule has 0 spiro atoms. The minimum Gasteiger partial charge on any atom is -0.251 e. The third kappa shape index (κ3) is 5.20. The lowest BCUT2D eigenvalue weighted by atomic mass is 10.0. The Hall–Kier alpha value is -6.00. The first-order valence-electron chi connectivity index (χ1n) is 15.5. The van der Waals surface area contributed by atoms with Crippen LogP contribution in [-0.2, 0) is 0 Å². The van der Waals surface area contributed by atoms with E-state index in [-0.39, 0.29) is 0 Å². The lowest BCUT2D eigenvalue weighted by Crippen LogP contribution is -1.96. The molecule has 0 saturated carbocycles. The molecule has 3 aromatic heterocycles. The maximum absolute atomic E-state index is 5.11. The van der Waals surface area contributed by atoms with Gasteiger partial charge in [-0.25, -0.2) is 15.0 Å². The highest BCUT2D eigenvalue weighted by atomic mass is 14.9. The molecule has 0 bridgehead atoms. The monoisotopic (exact) mass is 590 g/mol. The maximum atomic E-state index is 5.11. The molecule has 5 aromatic carbocycles. The molecule has 8 rings (SSSR count). The zero-order valence-corrected chi connectivity index (χ0v) is 25.6. The van der Waals surface area contributed by atoms with Crippen LogP contribution in [-0.4, -0.2) is 19.9 Å². The van der Waals surface area contributed by atoms with E-state index < -0.39 is 0 Å². The van der Waals surface area contributed by atoms with Crippen LogP contribution in [0.15, 0.2) is 146 Å². The van der Waals surface area contributed by atoms with Gasteiger partial charge < -0.3 is 0 Å². The molecule has 0 aliphatic carbocycles. The Kier molecular flexibility index (Phi) is 6.88. The van der Waals surface area contributed by atoms with Crippen molar-refractivity contribution in [3.05, 3.63) is 157 Å². The van der Waals surface area contributed by atoms with Gasteiger partial charge in [-0.1, -0.05) is 127 Å². The first-order chi connectivity index (χ1) is 22.6. The van der Waals surface area contributed by atoms with Gasteiger partial charge in [0.1, 0.15) is 0 Å². The lowest BCUT2D eigenvalue weighted by molar-refractivity contribution is 1.18. The van der Waals surface area contributed by atoms with Crippen molar-refractivity contribution in [2.24, 2.45) is 0 Å². The maximum Gasteiger partial charge on any atom is 0.160 e. The summed E-state index contributed by atoms with van der Waals surface area (Å²) in [7, 11) is 0. The van der Waals surface area contributed by atoms with Gasteiger partial charge >= 0.3 is 0 Å². The van der Waals surface area contributed by atoms with E-state index >= 15 is 0 Å². The number of rotatable bonds is 5. The van der Waals surface area contributed by atoms with Gasteiger partial charge in [0.25, 0.3) is 0 Å². The number of benzene rings is 5. The van der Waals surface area contributed by atoms with Crippen molar-refractivity contribution in [3.8, 4) is 56.3 Å². The summed E-state index contributed by atoms with van der Waals surface area (Å²) in [5.41, 5.74) is 13.2. The fourth-order valence-electron chi connectivity index (χ4n) is 6.10. The van der Waals surface area contributed by atoms with Crippen LogP contribution in [0.2, 0.25) is 0 Å². The first-order valence-corrected chi connectivity index (χ1v) is 15.5. The van der Waals surface area contributed by atoms with Crippen molar-refractivity contribution in [1.29, 1.82) is 0 Å². The molecule has 0 N–H and O–H groups in total. The summed E-state index contributed by atoms with van der Waals surface area (Å²) < 4.78 is 0. The van der Waals surface area contributed by atoms with Crippen LogP contribution in [0, 0.1) is 13.8 Å². The van der Waals surface area contributed by atoms with Gasteiger partial charge in [-0.2, -0.15) is 0 Å². The summed E-state index contributed by atoms with van der Waals surface area (Å²) in [4.78, 5) is 20.0. The summed E-state index contributed by atoms with van der Waals surface area (Å²) in [6, 6.07) is 50.4. The molecular weight excluding hydrogens is 560 g/mol. The average Bonchev–Trinajstić information content (AvgIpc) is 3.12. The van der Waals surface area contributed by atoms with Crippen LogP contribution in [0.3, 0.4) is 0 Å². The summed E-state index contributed by atoms with van der Waals surface area (Å²) in [6.07, 6.45) is 0. The predicted octanol–water partition coefficient (Wildman–Crippen LogP) is 10.5. The Balaban J connectivity index is 1.18. The third-order valence-electron chi connectivity index (χ3n) is 8.50. The van der Waals surface area contributed by atoms with Crippen molar-refractivity contribution < 1.29 is 0 Å². The molecule has 0 aliphatic rings. The van der Waals surface area contributed by atoms with Crippen LogP contribution in [0.25, 0.3) is 78.1 Å². The minimum absolute atomic E-state index is 0.700. The van der Waals surface area contributed by atoms with Gasteiger partial charge in [-0.15, -0.1) is 0 Å². The fraction of sp³-hybridized carbons (Fsp3) is 0.0476. The van der Waals surface area contributed by atoms with Crippen molar-refractivity contribution in [1.82, 2.24) is 19.9 Å². The van der Waals surface area contributed by atoms with Crippen LogP contribution >= 0.6 is 0 Å². The van der Waals surface area contributed by atoms with Gasteiger partial charge in [0.15, 0.2) is 5.82 Å². The minimum atomic E-state index is 0.700. The zero-order valence-electron chi connectivity index (χ0n) is 25.6. The smallest absolute Gasteiger partial charge is 0.160 e. The van der Waals surface area contributed by atoms with E-state index in [9.17, 15) is 0 Å². The second kappa shape index (κ2) is 11.5. The van der Waals surface area contributed by atoms with Crippen LogP contribution in [0.1, 0.15) is 11.3 Å². The molecule has 0 aliphatic heterocycles. The Morgan fingerprint density at radius 1 is 0.370 bits per heavy atom. The molecule has 4 heteroatoms. The first kappa shape index (κ1) is 27.5. The highest BCUT2D eigenvalue weighted by molar-refractivity contribution is 6.04. The molecule has 0 atom stereocenters. The molecule has 4 nitrogen and oxygen atoms in total. The van der Waals surface area contributed by atoms with Gasteiger partial charge in [0.2, 0.25) is 0 Å². The van der Waals surface area contributed by atoms with Gasteiger partial charge in [0, 0.05) is 38.7 Å². The molecule has 0 fully saturated rings. The van der Waals surface area contributed by atoms with E-state index in [1.165, 1.54) is 16.7 Å². The van der Waals surface area contributed by atoms with E-state index in [4.69, 9.17) is 19.9 Å². The molecule has 218 valence electrons. The fourth-order valence-corrected chi connectivity index (χ4v) is 6.10. The van der Waals surface area contributed by atoms with Crippen LogP contribution in [0.4, 0.5) is 0 Å². The van der Waals surface area contributed by atoms with E-state index in [0.29, 0.717) is 5.82 Å². The number of hydrogen-bond acceptors (Lipinski definition) is 4. The second-order valence-corrected chi connectivity index (χ2v) is 11.7. The molecule has 0 saturated heterocycles. The summed E-state index contributed by atoms with van der Waals surface area (Å²) in [6.45, 7) is 4.17. The molecule has 3 heterocycles.